The van der Waals surface area contributed by atoms with Crippen molar-refractivity contribution in [3.8, 4) is 0 Å². The third kappa shape index (κ3) is 4.74. The summed E-state index contributed by atoms with van der Waals surface area (Å²) in [7, 11) is -1.64. The number of aryl methyl sites for hydroxylation is 3. The summed E-state index contributed by atoms with van der Waals surface area (Å²) >= 11 is 0. The maximum atomic E-state index is 13.1. The first-order valence-corrected chi connectivity index (χ1v) is 11.7. The number of nitrogens with one attached hydrogen (secondary N) is 1. The number of amides is 1. The van der Waals surface area contributed by atoms with Crippen molar-refractivity contribution in [1.82, 2.24) is 14.5 Å². The van der Waals surface area contributed by atoms with Gasteiger partial charge in [0.05, 0.1) is 10.9 Å². The van der Waals surface area contributed by atoms with Crippen molar-refractivity contribution < 1.29 is 13.2 Å². The highest BCUT2D eigenvalue weighted by atomic mass is 32.2. The highest BCUT2D eigenvalue weighted by Crippen LogP contribution is 2.22. The van der Waals surface area contributed by atoms with Gasteiger partial charge in [0.15, 0.2) is 0 Å². The number of carbonyl (C=O) groups excluding carboxylic acids is 1. The van der Waals surface area contributed by atoms with Crippen molar-refractivity contribution in [3.63, 3.8) is 0 Å². The maximum absolute atomic E-state index is 13.1. The van der Waals surface area contributed by atoms with E-state index in [2.05, 4.69) is 23.2 Å². The van der Waals surface area contributed by atoms with Crippen LogP contribution in [0.5, 0.6) is 0 Å². The summed E-state index contributed by atoms with van der Waals surface area (Å²) in [6.45, 7) is 10.2. The summed E-state index contributed by atoms with van der Waals surface area (Å²) in [6.07, 6.45) is 0. The van der Waals surface area contributed by atoms with Gasteiger partial charge in [0.25, 0.3) is 5.91 Å². The zero-order valence-corrected chi connectivity index (χ0v) is 19.2. The quantitative estimate of drug-likeness (QED) is 0.793. The Morgan fingerprint density at radius 2 is 1.57 bits per heavy atom. The number of rotatable bonds is 5. The first-order valence-electron chi connectivity index (χ1n) is 10.3. The minimum absolute atomic E-state index is 0.168. The van der Waals surface area contributed by atoms with Crippen LogP contribution >= 0.6 is 0 Å². The fraction of sp³-hybridized carbons (Fsp3) is 0.435. The van der Waals surface area contributed by atoms with Crippen molar-refractivity contribution in [2.24, 2.45) is 0 Å². The average Bonchev–Trinajstić information content (AvgIpc) is 2.70. The third-order valence-corrected chi connectivity index (χ3v) is 7.83. The normalized spacial score (nSPS) is 17.0. The lowest BCUT2D eigenvalue weighted by molar-refractivity contribution is 0.0939. The second-order valence-corrected chi connectivity index (χ2v) is 10.2. The third-order valence-electron chi connectivity index (χ3n) is 5.93. The molecule has 0 aromatic heterocycles. The van der Waals surface area contributed by atoms with Crippen LogP contribution in [0.15, 0.2) is 41.3 Å². The number of carbonyl (C=O) groups is 1. The van der Waals surface area contributed by atoms with E-state index in [1.54, 1.807) is 12.1 Å². The SMILES string of the molecule is Cc1ccc([C@H](C)NC(=O)c2cc(S(=O)(=O)N3CCN(C)CC3)ccc2C)cc1C. The Hall–Kier alpha value is -2.22. The van der Waals surface area contributed by atoms with Gasteiger partial charge in [-0.2, -0.15) is 4.31 Å². The van der Waals surface area contributed by atoms with Crippen molar-refractivity contribution in [2.45, 2.75) is 38.6 Å². The Kier molecular flexibility index (Phi) is 6.65. The molecule has 1 fully saturated rings. The van der Waals surface area contributed by atoms with E-state index in [1.807, 2.05) is 40.0 Å². The summed E-state index contributed by atoms with van der Waals surface area (Å²) < 4.78 is 27.6. The molecular weight excluding hydrogens is 398 g/mol. The maximum Gasteiger partial charge on any atom is 0.252 e. The molecule has 1 aliphatic heterocycles. The molecule has 0 bridgehead atoms. The van der Waals surface area contributed by atoms with Gasteiger partial charge in [0.2, 0.25) is 10.0 Å². The monoisotopic (exact) mass is 429 g/mol. The predicted molar refractivity (Wildman–Crippen MR) is 119 cm³/mol. The summed E-state index contributed by atoms with van der Waals surface area (Å²) in [5, 5.41) is 3.01. The lowest BCUT2D eigenvalue weighted by Gasteiger charge is -2.31. The van der Waals surface area contributed by atoms with Crippen LogP contribution in [0.25, 0.3) is 0 Å². The lowest BCUT2D eigenvalue weighted by atomic mass is 10.0. The summed E-state index contributed by atoms with van der Waals surface area (Å²) in [5.74, 6) is -0.270. The second-order valence-electron chi connectivity index (χ2n) is 8.22. The molecule has 2 aromatic carbocycles. The van der Waals surface area contributed by atoms with E-state index < -0.39 is 10.0 Å². The largest absolute Gasteiger partial charge is 0.346 e. The molecule has 7 heteroatoms. The number of sulfonamides is 1. The number of benzene rings is 2. The van der Waals surface area contributed by atoms with E-state index in [0.29, 0.717) is 31.7 Å². The van der Waals surface area contributed by atoms with Crippen LogP contribution in [0, 0.1) is 20.8 Å². The van der Waals surface area contributed by atoms with Crippen LogP contribution in [-0.2, 0) is 10.0 Å². The van der Waals surface area contributed by atoms with Crippen LogP contribution in [0.2, 0.25) is 0 Å². The molecule has 1 amide bonds. The predicted octanol–water partition coefficient (Wildman–Crippen LogP) is 3.04. The fourth-order valence-electron chi connectivity index (χ4n) is 3.58. The number of hydrogen-bond acceptors (Lipinski definition) is 4. The van der Waals surface area contributed by atoms with Crippen molar-refractivity contribution in [1.29, 1.82) is 0 Å². The molecule has 1 N–H and O–H groups in total. The number of likely N-dealkylation sites (N-methyl/N-ethyl adjacent to an activating group) is 1. The highest BCUT2D eigenvalue weighted by molar-refractivity contribution is 7.89. The molecule has 6 nitrogen and oxygen atoms in total. The minimum atomic E-state index is -3.62. The summed E-state index contributed by atoms with van der Waals surface area (Å²) in [6, 6.07) is 10.7. The van der Waals surface area contributed by atoms with Gasteiger partial charge in [-0.3, -0.25) is 4.79 Å². The van der Waals surface area contributed by atoms with Crippen LogP contribution in [0.1, 0.15) is 45.6 Å². The molecular formula is C23H31N3O3S. The van der Waals surface area contributed by atoms with Gasteiger partial charge in [-0.25, -0.2) is 8.42 Å². The fourth-order valence-corrected chi connectivity index (χ4v) is 5.02. The van der Waals surface area contributed by atoms with E-state index in [1.165, 1.54) is 21.5 Å². The number of hydrogen-bond donors (Lipinski definition) is 1. The zero-order valence-electron chi connectivity index (χ0n) is 18.4. The van der Waals surface area contributed by atoms with Gasteiger partial charge in [0.1, 0.15) is 0 Å². The van der Waals surface area contributed by atoms with Crippen LogP contribution in [0.4, 0.5) is 0 Å². The molecule has 0 unspecified atom stereocenters. The molecule has 0 aliphatic carbocycles. The van der Waals surface area contributed by atoms with Crippen LogP contribution < -0.4 is 5.32 Å². The molecule has 2 aromatic rings. The molecule has 162 valence electrons. The second kappa shape index (κ2) is 8.88. The lowest BCUT2D eigenvalue weighted by Crippen LogP contribution is -2.47. The van der Waals surface area contributed by atoms with Gasteiger partial charge in [-0.1, -0.05) is 24.3 Å². The zero-order chi connectivity index (χ0) is 22.1. The molecule has 30 heavy (non-hydrogen) atoms. The topological polar surface area (TPSA) is 69.7 Å². The van der Waals surface area contributed by atoms with Crippen molar-refractivity contribution in [2.75, 3.05) is 33.2 Å². The van der Waals surface area contributed by atoms with Crippen LogP contribution in [-0.4, -0.2) is 56.8 Å². The Balaban J connectivity index is 1.82. The highest BCUT2D eigenvalue weighted by Gasteiger charge is 2.28. The minimum Gasteiger partial charge on any atom is -0.346 e. The van der Waals surface area contributed by atoms with Crippen molar-refractivity contribution >= 4 is 15.9 Å². The van der Waals surface area contributed by atoms with E-state index >= 15 is 0 Å². The molecule has 0 spiro atoms. The first-order chi connectivity index (χ1) is 14.1. The Bertz CT molecular complexity index is 1040. The Morgan fingerprint density at radius 3 is 2.20 bits per heavy atom. The van der Waals surface area contributed by atoms with Gasteiger partial charge >= 0.3 is 0 Å². The van der Waals surface area contributed by atoms with Gasteiger partial charge < -0.3 is 10.2 Å². The molecule has 0 radical (unpaired) electrons. The van der Waals surface area contributed by atoms with Crippen LogP contribution in [0.3, 0.4) is 0 Å². The summed E-state index contributed by atoms with van der Waals surface area (Å²) in [4.78, 5) is 15.2. The smallest absolute Gasteiger partial charge is 0.252 e. The Labute approximate surface area is 179 Å². The van der Waals surface area contributed by atoms with Gasteiger partial charge in [0, 0.05) is 31.7 Å². The number of nitrogens with zero attached hydrogens (tertiary/aromatic N) is 2. The van der Waals surface area contributed by atoms with E-state index in [-0.39, 0.29) is 16.8 Å². The van der Waals surface area contributed by atoms with Gasteiger partial charge in [-0.05, 0) is 69.1 Å². The first kappa shape index (κ1) is 22.5. The molecule has 0 saturated carbocycles. The van der Waals surface area contributed by atoms with Crippen molar-refractivity contribution in [3.05, 3.63) is 64.2 Å². The standard InChI is InChI=1S/C23H31N3O3S/c1-16-6-8-20(14-18(16)3)19(4)24-23(27)22-15-21(9-7-17(22)2)30(28,29)26-12-10-25(5)11-13-26/h6-9,14-15,19H,10-13H2,1-5H3,(H,24,27)/t19-/m0/s1. The van der Waals surface area contributed by atoms with E-state index in [9.17, 15) is 13.2 Å². The van der Waals surface area contributed by atoms with Gasteiger partial charge in [-0.15, -0.1) is 0 Å². The molecule has 1 saturated heterocycles. The molecule has 1 atom stereocenters. The average molecular weight is 430 g/mol. The molecule has 1 aliphatic rings. The molecule has 1 heterocycles. The Morgan fingerprint density at radius 1 is 0.933 bits per heavy atom. The van der Waals surface area contributed by atoms with E-state index in [4.69, 9.17) is 0 Å². The van der Waals surface area contributed by atoms with E-state index in [0.717, 1.165) is 11.1 Å². The number of piperazine rings is 1. The summed E-state index contributed by atoms with van der Waals surface area (Å²) in [5.41, 5.74) is 4.53. The molecule has 3 rings (SSSR count).